The molecule has 0 aliphatic rings. The molecule has 1 amide bonds. The third kappa shape index (κ3) is 5.54. The standard InChI is InChI=1S/C19H32N2O2/c1-6-15(7-2)19(22)20-14-18(21(8-3)9-4)16-10-12-17(23-5)13-11-16/h10-13,15,18H,6-9,14H2,1-5H3,(H,20,22). The molecular formula is C19H32N2O2. The molecule has 0 aliphatic carbocycles. The Kier molecular flexibility index (Phi) is 8.70. The van der Waals surface area contributed by atoms with Crippen LogP contribution < -0.4 is 10.1 Å². The average molecular weight is 320 g/mol. The third-order valence-corrected chi connectivity index (χ3v) is 4.58. The maximum Gasteiger partial charge on any atom is 0.223 e. The first-order valence-electron chi connectivity index (χ1n) is 8.76. The largest absolute Gasteiger partial charge is 0.497 e. The van der Waals surface area contributed by atoms with E-state index in [0.29, 0.717) is 6.54 Å². The van der Waals surface area contributed by atoms with E-state index in [1.807, 2.05) is 12.1 Å². The second-order valence-corrected chi connectivity index (χ2v) is 5.77. The molecule has 0 heterocycles. The quantitative estimate of drug-likeness (QED) is 0.716. The minimum atomic E-state index is 0.114. The van der Waals surface area contributed by atoms with E-state index >= 15 is 0 Å². The van der Waals surface area contributed by atoms with Gasteiger partial charge in [0.25, 0.3) is 0 Å². The molecule has 130 valence electrons. The smallest absolute Gasteiger partial charge is 0.223 e. The predicted octanol–water partition coefficient (Wildman–Crippen LogP) is 3.63. The SMILES string of the molecule is CCC(CC)C(=O)NCC(c1ccc(OC)cc1)N(CC)CC. The molecule has 0 aromatic heterocycles. The van der Waals surface area contributed by atoms with Gasteiger partial charge in [-0.15, -0.1) is 0 Å². The number of likely N-dealkylation sites (N-methyl/N-ethyl adjacent to an activating group) is 1. The topological polar surface area (TPSA) is 41.6 Å². The summed E-state index contributed by atoms with van der Waals surface area (Å²) in [5, 5.41) is 3.15. The Morgan fingerprint density at radius 2 is 1.65 bits per heavy atom. The minimum absolute atomic E-state index is 0.114. The van der Waals surface area contributed by atoms with Gasteiger partial charge in [-0.2, -0.15) is 0 Å². The summed E-state index contributed by atoms with van der Waals surface area (Å²) < 4.78 is 5.24. The summed E-state index contributed by atoms with van der Waals surface area (Å²) in [6.07, 6.45) is 1.78. The van der Waals surface area contributed by atoms with Gasteiger partial charge in [-0.05, 0) is 43.6 Å². The highest BCUT2D eigenvalue weighted by atomic mass is 16.5. The van der Waals surface area contributed by atoms with Gasteiger partial charge >= 0.3 is 0 Å². The van der Waals surface area contributed by atoms with E-state index in [1.165, 1.54) is 5.56 Å². The fourth-order valence-electron chi connectivity index (χ4n) is 2.95. The van der Waals surface area contributed by atoms with Crippen molar-refractivity contribution >= 4 is 5.91 Å². The molecule has 1 N–H and O–H groups in total. The molecule has 0 radical (unpaired) electrons. The third-order valence-electron chi connectivity index (χ3n) is 4.58. The molecule has 1 rings (SSSR count). The lowest BCUT2D eigenvalue weighted by atomic mass is 10.0. The van der Waals surface area contributed by atoms with Crippen molar-refractivity contribution in [2.45, 2.75) is 46.6 Å². The van der Waals surface area contributed by atoms with Gasteiger partial charge in [0.2, 0.25) is 5.91 Å². The molecule has 1 atom stereocenters. The zero-order valence-corrected chi connectivity index (χ0v) is 15.3. The predicted molar refractivity (Wildman–Crippen MR) is 95.7 cm³/mol. The Hall–Kier alpha value is -1.55. The van der Waals surface area contributed by atoms with Crippen molar-refractivity contribution in [3.05, 3.63) is 29.8 Å². The zero-order chi connectivity index (χ0) is 17.2. The van der Waals surface area contributed by atoms with Crippen molar-refractivity contribution in [1.29, 1.82) is 0 Å². The molecule has 0 saturated carbocycles. The van der Waals surface area contributed by atoms with Crippen LogP contribution in [0.5, 0.6) is 5.75 Å². The van der Waals surface area contributed by atoms with Crippen LogP contribution in [0, 0.1) is 5.92 Å². The van der Waals surface area contributed by atoms with Gasteiger partial charge < -0.3 is 10.1 Å². The summed E-state index contributed by atoms with van der Waals surface area (Å²) in [6, 6.07) is 8.33. The van der Waals surface area contributed by atoms with Gasteiger partial charge in [-0.1, -0.05) is 39.8 Å². The van der Waals surface area contributed by atoms with Crippen molar-refractivity contribution in [2.75, 3.05) is 26.7 Å². The summed E-state index contributed by atoms with van der Waals surface area (Å²) >= 11 is 0. The number of benzene rings is 1. The average Bonchev–Trinajstić information content (AvgIpc) is 2.59. The normalized spacial score (nSPS) is 12.5. The number of nitrogens with one attached hydrogen (secondary N) is 1. The van der Waals surface area contributed by atoms with Gasteiger partial charge in [0, 0.05) is 12.5 Å². The fraction of sp³-hybridized carbons (Fsp3) is 0.632. The van der Waals surface area contributed by atoms with E-state index in [-0.39, 0.29) is 17.9 Å². The van der Waals surface area contributed by atoms with Crippen LogP contribution in [0.15, 0.2) is 24.3 Å². The second-order valence-electron chi connectivity index (χ2n) is 5.77. The van der Waals surface area contributed by atoms with E-state index in [4.69, 9.17) is 4.74 Å². The van der Waals surface area contributed by atoms with E-state index < -0.39 is 0 Å². The highest BCUT2D eigenvalue weighted by Crippen LogP contribution is 2.23. The number of ether oxygens (including phenoxy) is 1. The molecule has 1 aromatic rings. The van der Waals surface area contributed by atoms with E-state index in [1.54, 1.807) is 7.11 Å². The van der Waals surface area contributed by atoms with Crippen molar-refractivity contribution in [2.24, 2.45) is 5.92 Å². The fourth-order valence-corrected chi connectivity index (χ4v) is 2.95. The Morgan fingerprint density at radius 1 is 1.09 bits per heavy atom. The highest BCUT2D eigenvalue weighted by molar-refractivity contribution is 5.78. The van der Waals surface area contributed by atoms with Crippen LogP contribution in [0.4, 0.5) is 0 Å². The van der Waals surface area contributed by atoms with Crippen LogP contribution in [-0.2, 0) is 4.79 Å². The van der Waals surface area contributed by atoms with Crippen LogP contribution in [-0.4, -0.2) is 37.6 Å². The molecule has 23 heavy (non-hydrogen) atoms. The maximum atomic E-state index is 12.3. The Labute approximate surface area is 141 Å². The molecule has 0 saturated heterocycles. The first-order valence-corrected chi connectivity index (χ1v) is 8.76. The molecule has 1 aromatic carbocycles. The molecule has 1 unspecified atom stereocenters. The molecule has 0 aliphatic heterocycles. The maximum absolute atomic E-state index is 12.3. The van der Waals surface area contributed by atoms with Crippen LogP contribution in [0.1, 0.15) is 52.1 Å². The lowest BCUT2D eigenvalue weighted by Crippen LogP contribution is -2.40. The summed E-state index contributed by atoms with van der Waals surface area (Å²) in [4.78, 5) is 14.7. The van der Waals surface area contributed by atoms with E-state index in [2.05, 4.69) is 50.0 Å². The number of carbonyl (C=O) groups is 1. The first kappa shape index (κ1) is 19.5. The molecule has 4 heteroatoms. The summed E-state index contributed by atoms with van der Waals surface area (Å²) in [5.74, 6) is 1.14. The molecule has 0 fully saturated rings. The minimum Gasteiger partial charge on any atom is -0.497 e. The second kappa shape index (κ2) is 10.3. The Bertz CT molecular complexity index is 451. The number of hydrogen-bond donors (Lipinski definition) is 1. The molecular weight excluding hydrogens is 288 g/mol. The van der Waals surface area contributed by atoms with Crippen molar-refractivity contribution in [3.8, 4) is 5.75 Å². The molecule has 4 nitrogen and oxygen atoms in total. The van der Waals surface area contributed by atoms with Gasteiger partial charge in [0.15, 0.2) is 0 Å². The lowest BCUT2D eigenvalue weighted by Gasteiger charge is -2.31. The number of nitrogens with zero attached hydrogens (tertiary/aromatic N) is 1. The summed E-state index contributed by atoms with van der Waals surface area (Å²) in [7, 11) is 1.67. The summed E-state index contributed by atoms with van der Waals surface area (Å²) in [5.41, 5.74) is 1.21. The van der Waals surface area contributed by atoms with E-state index in [0.717, 1.165) is 31.7 Å². The van der Waals surface area contributed by atoms with Crippen LogP contribution in [0.25, 0.3) is 0 Å². The molecule has 0 bridgehead atoms. The van der Waals surface area contributed by atoms with E-state index in [9.17, 15) is 4.79 Å². The van der Waals surface area contributed by atoms with Crippen molar-refractivity contribution < 1.29 is 9.53 Å². The number of methoxy groups -OCH3 is 1. The van der Waals surface area contributed by atoms with Crippen molar-refractivity contribution in [1.82, 2.24) is 10.2 Å². The monoisotopic (exact) mass is 320 g/mol. The summed E-state index contributed by atoms with van der Waals surface area (Å²) in [6.45, 7) is 11.0. The van der Waals surface area contributed by atoms with Crippen molar-refractivity contribution in [3.63, 3.8) is 0 Å². The number of rotatable bonds is 10. The Balaban J connectivity index is 2.85. The van der Waals surface area contributed by atoms with Gasteiger partial charge in [-0.25, -0.2) is 0 Å². The van der Waals surface area contributed by atoms with Crippen LogP contribution in [0.3, 0.4) is 0 Å². The number of hydrogen-bond acceptors (Lipinski definition) is 3. The zero-order valence-electron chi connectivity index (χ0n) is 15.3. The van der Waals surface area contributed by atoms with Gasteiger partial charge in [-0.3, -0.25) is 9.69 Å². The Morgan fingerprint density at radius 3 is 2.09 bits per heavy atom. The number of amides is 1. The van der Waals surface area contributed by atoms with Gasteiger partial charge in [0.1, 0.15) is 5.75 Å². The first-order chi connectivity index (χ1) is 11.1. The number of carbonyl (C=O) groups excluding carboxylic acids is 1. The van der Waals surface area contributed by atoms with Gasteiger partial charge in [0.05, 0.1) is 13.2 Å². The van der Waals surface area contributed by atoms with Crippen LogP contribution >= 0.6 is 0 Å². The highest BCUT2D eigenvalue weighted by Gasteiger charge is 2.21. The lowest BCUT2D eigenvalue weighted by molar-refractivity contribution is -0.125. The molecule has 0 spiro atoms. The van der Waals surface area contributed by atoms with Crippen LogP contribution in [0.2, 0.25) is 0 Å².